The van der Waals surface area contributed by atoms with Crippen LogP contribution in [0.25, 0.3) is 11.0 Å². The molecule has 1 heterocycles. The van der Waals surface area contributed by atoms with Gasteiger partial charge in [-0.05, 0) is 33.0 Å². The van der Waals surface area contributed by atoms with Gasteiger partial charge in [-0.3, -0.25) is 0 Å². The van der Waals surface area contributed by atoms with Crippen molar-refractivity contribution in [2.24, 2.45) is 0 Å². The lowest BCUT2D eigenvalue weighted by Gasteiger charge is -2.43. The Bertz CT molecular complexity index is 582. The molecule has 1 aromatic carbocycles. The number of fused-ring (bicyclic) bond motifs is 1. The summed E-state index contributed by atoms with van der Waals surface area (Å²) in [6.45, 7) is 1.94. The lowest BCUT2D eigenvalue weighted by atomic mass is 9.80. The zero-order valence-corrected chi connectivity index (χ0v) is 13.2. The highest BCUT2D eigenvalue weighted by Gasteiger charge is 2.33. The van der Waals surface area contributed by atoms with Crippen molar-refractivity contribution in [1.82, 2.24) is 10.2 Å². The molecule has 2 aromatic rings. The van der Waals surface area contributed by atoms with Gasteiger partial charge in [-0.15, -0.1) is 0 Å². The number of nitrogens with zero attached hydrogens (tertiary/aromatic N) is 1. The molecule has 3 rings (SSSR count). The molecule has 0 radical (unpaired) electrons. The van der Waals surface area contributed by atoms with Crippen LogP contribution in [-0.2, 0) is 6.54 Å². The molecule has 1 aromatic heterocycles. The molecule has 0 aliphatic heterocycles. The molecule has 0 amide bonds. The van der Waals surface area contributed by atoms with E-state index in [0.717, 1.165) is 18.7 Å². The third-order valence-electron chi connectivity index (χ3n) is 5.06. The first-order valence-corrected chi connectivity index (χ1v) is 8.05. The fraction of sp³-hybridized carbons (Fsp3) is 0.556. The van der Waals surface area contributed by atoms with E-state index in [-0.39, 0.29) is 0 Å². The Morgan fingerprint density at radius 3 is 2.67 bits per heavy atom. The monoisotopic (exact) mass is 286 g/mol. The summed E-state index contributed by atoms with van der Waals surface area (Å²) >= 11 is 0. The van der Waals surface area contributed by atoms with E-state index >= 15 is 0 Å². The maximum absolute atomic E-state index is 5.61. The summed E-state index contributed by atoms with van der Waals surface area (Å²) in [5.74, 6) is 0. The minimum absolute atomic E-state index is 0.331. The number of hydrogen-bond acceptors (Lipinski definition) is 3. The van der Waals surface area contributed by atoms with Crippen molar-refractivity contribution in [3.63, 3.8) is 0 Å². The summed E-state index contributed by atoms with van der Waals surface area (Å²) in [7, 11) is 4.44. The molecule has 0 saturated heterocycles. The third-order valence-corrected chi connectivity index (χ3v) is 5.06. The zero-order chi connectivity index (χ0) is 14.7. The van der Waals surface area contributed by atoms with Crippen LogP contribution in [0, 0.1) is 0 Å². The highest BCUT2D eigenvalue weighted by atomic mass is 16.3. The van der Waals surface area contributed by atoms with Crippen LogP contribution in [0.1, 0.15) is 37.7 Å². The maximum atomic E-state index is 5.61. The second-order valence-corrected chi connectivity index (χ2v) is 6.54. The van der Waals surface area contributed by atoms with Crippen molar-refractivity contribution in [3.8, 4) is 0 Å². The number of para-hydroxylation sites is 1. The summed E-state index contributed by atoms with van der Waals surface area (Å²) in [5, 5.41) is 4.90. The predicted molar refractivity (Wildman–Crippen MR) is 87.4 cm³/mol. The minimum Gasteiger partial charge on any atom is -0.464 e. The quantitative estimate of drug-likeness (QED) is 0.906. The van der Waals surface area contributed by atoms with E-state index in [1.807, 2.05) is 18.4 Å². The van der Waals surface area contributed by atoms with Crippen LogP contribution in [-0.4, -0.2) is 31.1 Å². The third kappa shape index (κ3) is 2.99. The van der Waals surface area contributed by atoms with Crippen molar-refractivity contribution in [2.75, 3.05) is 20.6 Å². The van der Waals surface area contributed by atoms with E-state index in [1.54, 1.807) is 0 Å². The Morgan fingerprint density at radius 2 is 1.90 bits per heavy atom. The molecule has 1 aliphatic rings. The number of benzene rings is 1. The molecule has 21 heavy (non-hydrogen) atoms. The molecule has 1 aliphatic carbocycles. The number of likely N-dealkylation sites (N-methyl/N-ethyl adjacent to an activating group) is 1. The summed E-state index contributed by atoms with van der Waals surface area (Å²) in [6, 6.07) is 8.26. The van der Waals surface area contributed by atoms with Gasteiger partial charge in [-0.25, -0.2) is 0 Å². The van der Waals surface area contributed by atoms with Gasteiger partial charge in [-0.1, -0.05) is 37.5 Å². The fourth-order valence-corrected chi connectivity index (χ4v) is 3.59. The van der Waals surface area contributed by atoms with Gasteiger partial charge in [0.25, 0.3) is 0 Å². The van der Waals surface area contributed by atoms with Crippen molar-refractivity contribution < 1.29 is 4.42 Å². The first-order valence-electron chi connectivity index (χ1n) is 8.05. The molecule has 114 valence electrons. The summed E-state index contributed by atoms with van der Waals surface area (Å²) in [5.41, 5.74) is 2.57. The molecule has 1 N–H and O–H groups in total. The molecular formula is C18H26N2O. The Kier molecular flexibility index (Phi) is 4.32. The van der Waals surface area contributed by atoms with Gasteiger partial charge in [-0.2, -0.15) is 0 Å². The Morgan fingerprint density at radius 1 is 1.14 bits per heavy atom. The molecule has 1 fully saturated rings. The first-order chi connectivity index (χ1) is 10.2. The van der Waals surface area contributed by atoms with E-state index in [1.165, 1.54) is 43.1 Å². The van der Waals surface area contributed by atoms with Gasteiger partial charge >= 0.3 is 0 Å². The highest BCUT2D eigenvalue weighted by Crippen LogP contribution is 2.31. The average molecular weight is 286 g/mol. The normalized spacial score (nSPS) is 18.4. The van der Waals surface area contributed by atoms with Gasteiger partial charge in [0.2, 0.25) is 0 Å². The fourth-order valence-electron chi connectivity index (χ4n) is 3.59. The molecule has 3 nitrogen and oxygen atoms in total. The number of rotatable bonds is 5. The Balaban J connectivity index is 1.64. The average Bonchev–Trinajstić information content (AvgIpc) is 2.92. The van der Waals surface area contributed by atoms with Crippen molar-refractivity contribution in [3.05, 3.63) is 36.1 Å². The standard InChI is InChI=1S/C18H26N2O/c1-20(2)18(10-6-3-7-11-18)14-19-12-15-13-21-17-9-5-4-8-16(15)17/h4-5,8-9,13,19H,3,6-7,10-12,14H2,1-2H3. The molecule has 3 heteroatoms. The van der Waals surface area contributed by atoms with Gasteiger partial charge in [0.15, 0.2) is 0 Å². The van der Waals surface area contributed by atoms with Gasteiger partial charge in [0.1, 0.15) is 5.58 Å². The Labute approximate surface area is 127 Å². The first kappa shape index (κ1) is 14.6. The number of furan rings is 1. The highest BCUT2D eigenvalue weighted by molar-refractivity contribution is 5.80. The predicted octanol–water partition coefficient (Wildman–Crippen LogP) is 3.79. The van der Waals surface area contributed by atoms with Crippen LogP contribution < -0.4 is 5.32 Å². The largest absolute Gasteiger partial charge is 0.464 e. The van der Waals surface area contributed by atoms with Gasteiger partial charge < -0.3 is 14.6 Å². The molecule has 0 bridgehead atoms. The lowest BCUT2D eigenvalue weighted by molar-refractivity contribution is 0.0984. The second-order valence-electron chi connectivity index (χ2n) is 6.54. The number of hydrogen-bond donors (Lipinski definition) is 1. The van der Waals surface area contributed by atoms with Crippen molar-refractivity contribution >= 4 is 11.0 Å². The van der Waals surface area contributed by atoms with Crippen LogP contribution in [0.4, 0.5) is 0 Å². The van der Waals surface area contributed by atoms with E-state index in [4.69, 9.17) is 4.42 Å². The van der Waals surface area contributed by atoms with Crippen molar-refractivity contribution in [2.45, 2.75) is 44.2 Å². The molecule has 0 atom stereocenters. The van der Waals surface area contributed by atoms with E-state index in [2.05, 4.69) is 36.4 Å². The smallest absolute Gasteiger partial charge is 0.134 e. The number of nitrogens with one attached hydrogen (secondary N) is 1. The van der Waals surface area contributed by atoms with Crippen LogP contribution in [0.5, 0.6) is 0 Å². The summed E-state index contributed by atoms with van der Waals surface area (Å²) in [6.07, 6.45) is 8.60. The SMILES string of the molecule is CN(C)C1(CNCc2coc3ccccc23)CCCCC1. The van der Waals surface area contributed by atoms with E-state index in [0.29, 0.717) is 5.54 Å². The minimum atomic E-state index is 0.331. The molecular weight excluding hydrogens is 260 g/mol. The van der Waals surface area contributed by atoms with Crippen LogP contribution in [0.2, 0.25) is 0 Å². The van der Waals surface area contributed by atoms with Crippen LogP contribution in [0.15, 0.2) is 34.9 Å². The second kappa shape index (κ2) is 6.20. The molecule has 0 spiro atoms. The Hall–Kier alpha value is -1.32. The van der Waals surface area contributed by atoms with E-state index in [9.17, 15) is 0 Å². The topological polar surface area (TPSA) is 28.4 Å². The molecule has 0 unspecified atom stereocenters. The van der Waals surface area contributed by atoms with Gasteiger partial charge in [0.05, 0.1) is 6.26 Å². The van der Waals surface area contributed by atoms with Crippen LogP contribution in [0.3, 0.4) is 0 Å². The van der Waals surface area contributed by atoms with Crippen LogP contribution >= 0.6 is 0 Å². The maximum Gasteiger partial charge on any atom is 0.134 e. The molecule has 1 saturated carbocycles. The zero-order valence-electron chi connectivity index (χ0n) is 13.2. The van der Waals surface area contributed by atoms with E-state index < -0.39 is 0 Å². The van der Waals surface area contributed by atoms with Gasteiger partial charge in [0, 0.05) is 29.6 Å². The lowest BCUT2D eigenvalue weighted by Crippen LogP contribution is -2.52. The summed E-state index contributed by atoms with van der Waals surface area (Å²) in [4.78, 5) is 2.42. The van der Waals surface area contributed by atoms with Crippen molar-refractivity contribution in [1.29, 1.82) is 0 Å². The summed E-state index contributed by atoms with van der Waals surface area (Å²) < 4.78 is 5.61.